The summed E-state index contributed by atoms with van der Waals surface area (Å²) >= 11 is 0. The standard InChI is InChI=1S/C22H18N4O3/c1-14-12-24-26(13-14)19-8-6-16(22(23)28)11-18(19)25-21(27)9-7-17-10-15-4-2-3-5-20(15)29-17/h2-13H,1H3,(H2,23,28)(H,25,27). The maximum Gasteiger partial charge on any atom is 0.248 e. The van der Waals surface area contributed by atoms with Crippen molar-refractivity contribution in [2.75, 3.05) is 5.32 Å². The number of hydrogen-bond acceptors (Lipinski definition) is 4. The van der Waals surface area contributed by atoms with Crippen LogP contribution in [-0.2, 0) is 4.79 Å². The number of para-hydroxylation sites is 1. The SMILES string of the molecule is Cc1cnn(-c2ccc(C(N)=O)cc2NC(=O)C=Cc2cc3ccccc3o2)c1. The first-order chi connectivity index (χ1) is 14.0. The third kappa shape index (κ3) is 3.93. The molecule has 7 nitrogen and oxygen atoms in total. The van der Waals surface area contributed by atoms with Gasteiger partial charge in [-0.3, -0.25) is 9.59 Å². The van der Waals surface area contributed by atoms with Gasteiger partial charge in [0.2, 0.25) is 11.8 Å². The van der Waals surface area contributed by atoms with E-state index in [9.17, 15) is 9.59 Å². The van der Waals surface area contributed by atoms with Crippen LogP contribution < -0.4 is 11.1 Å². The molecule has 4 aromatic rings. The number of benzene rings is 2. The van der Waals surface area contributed by atoms with Crippen molar-refractivity contribution in [1.29, 1.82) is 0 Å². The largest absolute Gasteiger partial charge is 0.457 e. The molecule has 0 aliphatic carbocycles. The normalized spacial score (nSPS) is 11.2. The molecule has 2 heterocycles. The van der Waals surface area contributed by atoms with Crippen LogP contribution in [0.5, 0.6) is 0 Å². The van der Waals surface area contributed by atoms with E-state index >= 15 is 0 Å². The predicted molar refractivity (Wildman–Crippen MR) is 111 cm³/mol. The van der Waals surface area contributed by atoms with Crippen molar-refractivity contribution < 1.29 is 14.0 Å². The number of hydrogen-bond donors (Lipinski definition) is 2. The molecule has 4 rings (SSSR count). The van der Waals surface area contributed by atoms with E-state index in [1.165, 1.54) is 12.1 Å². The fourth-order valence-electron chi connectivity index (χ4n) is 2.95. The lowest BCUT2D eigenvalue weighted by Gasteiger charge is -2.11. The quantitative estimate of drug-likeness (QED) is 0.511. The van der Waals surface area contributed by atoms with Crippen LogP contribution in [0.25, 0.3) is 22.7 Å². The van der Waals surface area contributed by atoms with Crippen LogP contribution in [0.15, 0.2) is 71.4 Å². The molecule has 0 unspecified atom stereocenters. The van der Waals surface area contributed by atoms with E-state index in [1.54, 1.807) is 29.1 Å². The lowest BCUT2D eigenvalue weighted by atomic mass is 10.1. The zero-order valence-electron chi connectivity index (χ0n) is 15.6. The van der Waals surface area contributed by atoms with Crippen molar-refractivity contribution in [3.8, 4) is 5.69 Å². The highest BCUT2D eigenvalue weighted by Gasteiger charge is 2.12. The number of furan rings is 1. The molecule has 144 valence electrons. The van der Waals surface area contributed by atoms with Crippen molar-refractivity contribution in [3.05, 3.63) is 83.9 Å². The molecular formula is C22H18N4O3. The molecule has 7 heteroatoms. The van der Waals surface area contributed by atoms with Gasteiger partial charge in [0.15, 0.2) is 0 Å². The second kappa shape index (κ2) is 7.47. The van der Waals surface area contributed by atoms with Gasteiger partial charge in [0, 0.05) is 23.2 Å². The van der Waals surface area contributed by atoms with Crippen LogP contribution in [0.2, 0.25) is 0 Å². The number of carbonyl (C=O) groups is 2. The summed E-state index contributed by atoms with van der Waals surface area (Å²) in [5, 5.41) is 8.00. The highest BCUT2D eigenvalue weighted by Crippen LogP contribution is 2.23. The van der Waals surface area contributed by atoms with Gasteiger partial charge in [-0.1, -0.05) is 18.2 Å². The molecule has 2 amide bonds. The van der Waals surface area contributed by atoms with E-state index in [0.29, 0.717) is 17.1 Å². The van der Waals surface area contributed by atoms with Gasteiger partial charge in [0.25, 0.3) is 0 Å². The van der Waals surface area contributed by atoms with Crippen molar-refractivity contribution >= 4 is 34.5 Å². The molecule has 0 bridgehead atoms. The van der Waals surface area contributed by atoms with Crippen LogP contribution in [0.1, 0.15) is 21.7 Å². The van der Waals surface area contributed by atoms with Crippen LogP contribution in [0.4, 0.5) is 5.69 Å². The summed E-state index contributed by atoms with van der Waals surface area (Å²) in [7, 11) is 0. The number of nitrogens with two attached hydrogens (primary N) is 1. The predicted octanol–water partition coefficient (Wildman–Crippen LogP) is 3.68. The first kappa shape index (κ1) is 18.2. The Morgan fingerprint density at radius 1 is 1.17 bits per heavy atom. The fourth-order valence-corrected chi connectivity index (χ4v) is 2.95. The van der Waals surface area contributed by atoms with Crippen molar-refractivity contribution in [2.45, 2.75) is 6.92 Å². The number of fused-ring (bicyclic) bond motifs is 1. The first-order valence-electron chi connectivity index (χ1n) is 8.93. The molecule has 3 N–H and O–H groups in total. The number of nitrogens with zero attached hydrogens (tertiary/aromatic N) is 2. The fraction of sp³-hybridized carbons (Fsp3) is 0.0455. The Hall–Kier alpha value is -4.13. The van der Waals surface area contributed by atoms with Gasteiger partial charge in [-0.2, -0.15) is 5.10 Å². The zero-order chi connectivity index (χ0) is 20.4. The Balaban J connectivity index is 1.60. The average molecular weight is 386 g/mol. The molecule has 0 spiro atoms. The summed E-state index contributed by atoms with van der Waals surface area (Å²) in [6.45, 7) is 1.91. The van der Waals surface area contributed by atoms with E-state index < -0.39 is 5.91 Å². The molecule has 0 atom stereocenters. The topological polar surface area (TPSA) is 103 Å². The van der Waals surface area contributed by atoms with E-state index in [4.69, 9.17) is 10.2 Å². The number of amides is 2. The van der Waals surface area contributed by atoms with Gasteiger partial charge in [-0.05, 0) is 48.9 Å². The maximum atomic E-state index is 12.5. The highest BCUT2D eigenvalue weighted by atomic mass is 16.3. The Bertz CT molecular complexity index is 1220. The van der Waals surface area contributed by atoms with E-state index in [0.717, 1.165) is 16.5 Å². The molecule has 0 saturated heterocycles. The Morgan fingerprint density at radius 3 is 2.72 bits per heavy atom. The molecule has 0 radical (unpaired) electrons. The summed E-state index contributed by atoms with van der Waals surface area (Å²) in [5.41, 5.74) is 8.41. The van der Waals surface area contributed by atoms with Crippen LogP contribution in [0.3, 0.4) is 0 Å². The van der Waals surface area contributed by atoms with Gasteiger partial charge in [-0.15, -0.1) is 0 Å². The maximum absolute atomic E-state index is 12.5. The van der Waals surface area contributed by atoms with Gasteiger partial charge in [-0.25, -0.2) is 4.68 Å². The molecule has 0 saturated carbocycles. The minimum absolute atomic E-state index is 0.286. The molecular weight excluding hydrogens is 368 g/mol. The van der Waals surface area contributed by atoms with Gasteiger partial charge in [0.05, 0.1) is 17.6 Å². The smallest absolute Gasteiger partial charge is 0.248 e. The molecule has 29 heavy (non-hydrogen) atoms. The Labute approximate surface area is 166 Å². The van der Waals surface area contributed by atoms with E-state index in [1.807, 2.05) is 43.5 Å². The Morgan fingerprint density at radius 2 is 2.00 bits per heavy atom. The molecule has 0 fully saturated rings. The summed E-state index contributed by atoms with van der Waals surface area (Å²) in [5.74, 6) is -0.395. The van der Waals surface area contributed by atoms with Gasteiger partial charge in [0.1, 0.15) is 11.3 Å². The van der Waals surface area contributed by atoms with Crippen molar-refractivity contribution in [1.82, 2.24) is 9.78 Å². The van der Waals surface area contributed by atoms with E-state index in [2.05, 4.69) is 10.4 Å². The van der Waals surface area contributed by atoms with Crippen LogP contribution in [0, 0.1) is 6.92 Å². The van der Waals surface area contributed by atoms with E-state index in [-0.39, 0.29) is 11.5 Å². The van der Waals surface area contributed by atoms with Crippen LogP contribution in [-0.4, -0.2) is 21.6 Å². The number of aryl methyl sites for hydroxylation is 1. The number of carbonyl (C=O) groups excluding carboxylic acids is 2. The second-order valence-corrected chi connectivity index (χ2v) is 6.57. The summed E-state index contributed by atoms with van der Waals surface area (Å²) < 4.78 is 7.30. The third-order valence-electron chi connectivity index (χ3n) is 4.34. The molecule has 2 aromatic heterocycles. The first-order valence-corrected chi connectivity index (χ1v) is 8.93. The minimum atomic E-state index is -0.582. The van der Waals surface area contributed by atoms with Gasteiger partial charge >= 0.3 is 0 Å². The zero-order valence-corrected chi connectivity index (χ0v) is 15.6. The number of nitrogens with one attached hydrogen (secondary N) is 1. The third-order valence-corrected chi connectivity index (χ3v) is 4.34. The molecule has 0 aliphatic rings. The molecule has 0 aliphatic heterocycles. The summed E-state index contributed by atoms with van der Waals surface area (Å²) in [4.78, 5) is 24.0. The molecule has 2 aromatic carbocycles. The minimum Gasteiger partial charge on any atom is -0.457 e. The van der Waals surface area contributed by atoms with Crippen molar-refractivity contribution in [3.63, 3.8) is 0 Å². The number of primary amides is 1. The number of rotatable bonds is 5. The number of aromatic nitrogens is 2. The average Bonchev–Trinajstić information content (AvgIpc) is 3.32. The van der Waals surface area contributed by atoms with Crippen LogP contribution >= 0.6 is 0 Å². The monoisotopic (exact) mass is 386 g/mol. The second-order valence-electron chi connectivity index (χ2n) is 6.57. The highest BCUT2D eigenvalue weighted by molar-refractivity contribution is 6.04. The van der Waals surface area contributed by atoms with Crippen molar-refractivity contribution in [2.24, 2.45) is 5.73 Å². The lowest BCUT2D eigenvalue weighted by Crippen LogP contribution is -2.15. The summed E-state index contributed by atoms with van der Waals surface area (Å²) in [6.07, 6.45) is 6.48. The van der Waals surface area contributed by atoms with Gasteiger partial charge < -0.3 is 15.5 Å². The lowest BCUT2D eigenvalue weighted by molar-refractivity contribution is -0.111. The Kier molecular flexibility index (Phi) is 4.70. The summed E-state index contributed by atoms with van der Waals surface area (Å²) in [6, 6.07) is 14.3. The number of anilines is 1.